The molecule has 0 saturated heterocycles. The summed E-state index contributed by atoms with van der Waals surface area (Å²) < 4.78 is 0. The number of carbonyl (C=O) groups excluding carboxylic acids is 2. The summed E-state index contributed by atoms with van der Waals surface area (Å²) in [5, 5.41) is 6.07. The van der Waals surface area contributed by atoms with Crippen LogP contribution in [0.4, 0.5) is 0 Å². The summed E-state index contributed by atoms with van der Waals surface area (Å²) in [5.74, 6) is 14.3. The van der Waals surface area contributed by atoms with Gasteiger partial charge in [0.15, 0.2) is 0 Å². The van der Waals surface area contributed by atoms with Crippen LogP contribution in [0.5, 0.6) is 0 Å². The molecule has 0 aromatic rings. The Balaban J connectivity index is 1.25. The molecular weight excluding hydrogens is 480 g/mol. The Kier molecular flexibility index (Phi) is 6.33. The first-order valence-corrected chi connectivity index (χ1v) is 15.9. The number of carbonyl (C=O) groups is 2. The number of thiol groups is 2. The zero-order valence-electron chi connectivity index (χ0n) is 21.3. The van der Waals surface area contributed by atoms with Gasteiger partial charge < -0.3 is 0 Å². The molecule has 0 spiro atoms. The normalized spacial score (nSPS) is 52.7. The van der Waals surface area contributed by atoms with Crippen molar-refractivity contribution < 1.29 is 9.59 Å². The number of hydrogen-bond donors (Lipinski definition) is 2. The monoisotopic (exact) mass is 520 g/mol. The summed E-state index contributed by atoms with van der Waals surface area (Å²) in [7, 11) is 0. The Morgan fingerprint density at radius 1 is 0.472 bits per heavy atom. The molecule has 0 radical (unpaired) electrons. The van der Waals surface area contributed by atoms with Gasteiger partial charge in [0.25, 0.3) is 0 Å². The van der Waals surface area contributed by atoms with Gasteiger partial charge in [-0.25, -0.2) is 0 Å². The van der Waals surface area contributed by atoms with Crippen molar-refractivity contribution in [2.75, 3.05) is 0 Å². The molecule has 7 fully saturated rings. The smallest absolute Gasteiger partial charge is 0.139 e. The summed E-state index contributed by atoms with van der Waals surface area (Å²) >= 11 is 8.82. The summed E-state index contributed by atoms with van der Waals surface area (Å²) in [6, 6.07) is 0. The second-order valence-corrected chi connectivity index (χ2v) is 14.1. The van der Waals surface area contributed by atoms with E-state index in [-0.39, 0.29) is 11.8 Å². The minimum Gasteiger partial charge on any atom is -0.299 e. The Labute approximate surface area is 228 Å². The van der Waals surface area contributed by atoms with Crippen molar-refractivity contribution in [1.29, 1.82) is 0 Å². The van der Waals surface area contributed by atoms with Crippen LogP contribution < -0.4 is 0 Å². The predicted octanol–water partition coefficient (Wildman–Crippen LogP) is 6.31. The topological polar surface area (TPSA) is 34.1 Å². The third-order valence-electron chi connectivity index (χ3n) is 12.8. The van der Waals surface area contributed by atoms with E-state index in [4.69, 9.17) is 0 Å². The molecule has 7 aliphatic carbocycles. The average molecular weight is 521 g/mol. The van der Waals surface area contributed by atoms with Gasteiger partial charge in [-0.3, -0.25) is 9.59 Å². The van der Waals surface area contributed by atoms with Gasteiger partial charge in [-0.15, -0.1) is 0 Å². The fourth-order valence-corrected chi connectivity index (χ4v) is 12.0. The Morgan fingerprint density at radius 2 is 0.861 bits per heavy atom. The molecule has 7 saturated carbocycles. The van der Waals surface area contributed by atoms with E-state index in [9.17, 15) is 9.59 Å². The third-order valence-corrected chi connectivity index (χ3v) is 13.0. The highest BCUT2D eigenvalue weighted by molar-refractivity contribution is 7.85. The molecule has 14 atom stereocenters. The molecule has 0 amide bonds. The molecule has 0 aromatic heterocycles. The lowest BCUT2D eigenvalue weighted by Crippen LogP contribution is -2.53. The van der Waals surface area contributed by atoms with E-state index in [1.807, 2.05) is 0 Å². The lowest BCUT2D eigenvalue weighted by atomic mass is 9.46. The van der Waals surface area contributed by atoms with Crippen LogP contribution in [0.1, 0.15) is 77.0 Å². The van der Waals surface area contributed by atoms with E-state index in [0.29, 0.717) is 82.6 Å². The minimum atomic E-state index is 0.247. The SMILES string of the molecule is O=C1C2CCCCC2C2CC3C(C#CS)C4CC5C(=O)C6CCCCC6C5CC4C(C#CS)C3CC12. The molecule has 0 N–H and O–H groups in total. The molecule has 7 rings (SSSR count). The summed E-state index contributed by atoms with van der Waals surface area (Å²) in [6.07, 6.45) is 14.0. The van der Waals surface area contributed by atoms with Crippen molar-refractivity contribution in [1.82, 2.24) is 0 Å². The number of rotatable bonds is 0. The molecule has 0 bridgehead atoms. The second-order valence-electron chi connectivity index (χ2n) is 13.6. The first-order chi connectivity index (χ1) is 17.6. The van der Waals surface area contributed by atoms with E-state index < -0.39 is 0 Å². The van der Waals surface area contributed by atoms with E-state index >= 15 is 0 Å². The lowest BCUT2D eigenvalue weighted by molar-refractivity contribution is -0.131. The number of Topliss-reactive ketones (excluding diaryl/α,β-unsaturated/α-hetero) is 2. The molecule has 0 heterocycles. The van der Waals surface area contributed by atoms with Crippen LogP contribution in [0, 0.1) is 105 Å². The highest BCUT2D eigenvalue weighted by atomic mass is 32.1. The van der Waals surface area contributed by atoms with Gasteiger partial charge in [-0.1, -0.05) is 62.8 Å². The van der Waals surface area contributed by atoms with E-state index in [0.717, 1.165) is 38.5 Å². The van der Waals surface area contributed by atoms with Gasteiger partial charge in [0, 0.05) is 35.5 Å². The van der Waals surface area contributed by atoms with Crippen LogP contribution in [0.25, 0.3) is 0 Å². The van der Waals surface area contributed by atoms with E-state index in [1.54, 1.807) is 0 Å². The number of ketones is 2. The summed E-state index contributed by atoms with van der Waals surface area (Å²) in [5.41, 5.74) is 0. The molecule has 7 aliphatic rings. The van der Waals surface area contributed by atoms with Gasteiger partial charge in [0.05, 0.1) is 0 Å². The molecular formula is C32H40O2S2. The molecule has 0 aromatic carbocycles. The van der Waals surface area contributed by atoms with Crippen molar-refractivity contribution in [2.24, 2.45) is 82.9 Å². The summed E-state index contributed by atoms with van der Waals surface area (Å²) in [4.78, 5) is 27.2. The van der Waals surface area contributed by atoms with Crippen molar-refractivity contribution in [2.45, 2.75) is 77.0 Å². The highest BCUT2D eigenvalue weighted by Crippen LogP contribution is 2.65. The molecule has 14 unspecified atom stereocenters. The lowest BCUT2D eigenvalue weighted by Gasteiger charge is -2.56. The first kappa shape index (κ1) is 24.2. The Morgan fingerprint density at radius 3 is 1.28 bits per heavy atom. The van der Waals surface area contributed by atoms with E-state index in [1.165, 1.54) is 38.5 Å². The standard InChI is InChI=1S/C32H40O2S2/c33-31-21-7-3-1-5-17(21)27-13-23-19(9-11-35)26-16-30-28(18-6-2-4-8-22(18)32(30)34)14-24(26)20(10-12-36)25(23)15-29(27)31/h17-30,35-36H,1-8,13-16H2. The Bertz CT molecular complexity index is 975. The largest absolute Gasteiger partial charge is 0.299 e. The van der Waals surface area contributed by atoms with Crippen LogP contribution in [0.2, 0.25) is 0 Å². The first-order valence-electron chi connectivity index (χ1n) is 15.0. The zero-order valence-corrected chi connectivity index (χ0v) is 23.1. The molecule has 192 valence electrons. The maximum Gasteiger partial charge on any atom is 0.139 e. The third kappa shape index (κ3) is 3.49. The second kappa shape index (κ2) is 9.42. The van der Waals surface area contributed by atoms with Crippen molar-refractivity contribution in [3.05, 3.63) is 0 Å². The fourth-order valence-electron chi connectivity index (χ4n) is 11.7. The van der Waals surface area contributed by atoms with Gasteiger partial charge in [-0.2, -0.15) is 0 Å². The number of fused-ring (bicyclic) bond motifs is 8. The fraction of sp³-hybridized carbons (Fsp3) is 0.812. The van der Waals surface area contributed by atoms with Gasteiger partial charge in [0.2, 0.25) is 0 Å². The highest BCUT2D eigenvalue weighted by Gasteiger charge is 2.63. The number of hydrogen-bond acceptors (Lipinski definition) is 4. The zero-order chi connectivity index (χ0) is 24.6. The maximum atomic E-state index is 13.6. The molecule has 2 nitrogen and oxygen atoms in total. The quantitative estimate of drug-likeness (QED) is 0.290. The summed E-state index contributed by atoms with van der Waals surface area (Å²) in [6.45, 7) is 0. The van der Waals surface area contributed by atoms with Crippen LogP contribution in [0.15, 0.2) is 0 Å². The van der Waals surface area contributed by atoms with Crippen molar-refractivity contribution in [3.63, 3.8) is 0 Å². The van der Waals surface area contributed by atoms with Crippen LogP contribution >= 0.6 is 25.3 Å². The van der Waals surface area contributed by atoms with Crippen LogP contribution in [0.3, 0.4) is 0 Å². The Hall–Kier alpha value is -0.840. The van der Waals surface area contributed by atoms with Crippen molar-refractivity contribution in [3.8, 4) is 22.3 Å². The minimum absolute atomic E-state index is 0.247. The molecule has 0 aliphatic heterocycles. The molecule has 36 heavy (non-hydrogen) atoms. The van der Waals surface area contributed by atoms with E-state index in [2.05, 4.69) is 47.6 Å². The molecule has 4 heteroatoms. The van der Waals surface area contributed by atoms with Crippen molar-refractivity contribution >= 4 is 36.8 Å². The van der Waals surface area contributed by atoms with Crippen LogP contribution in [-0.4, -0.2) is 11.6 Å². The van der Waals surface area contributed by atoms with Gasteiger partial charge in [0.1, 0.15) is 11.6 Å². The van der Waals surface area contributed by atoms with Gasteiger partial charge in [-0.05, 0) is 109 Å². The average Bonchev–Trinajstić information content (AvgIpc) is 3.35. The maximum absolute atomic E-state index is 13.6. The van der Waals surface area contributed by atoms with Gasteiger partial charge >= 0.3 is 0 Å². The predicted molar refractivity (Wildman–Crippen MR) is 148 cm³/mol. The van der Waals surface area contributed by atoms with Crippen LogP contribution in [-0.2, 0) is 9.59 Å².